The standard InChI is InChI=1S/C21H34ClN5/c1-23-21(25-17-12-18-6-5-7-19(13-17)27(18)4)24-14-20(26(2)3)15-8-10-16(22)11-9-15/h8-11,17-20H,5-7,12-14H2,1-4H3,(H2,23,24,25). The van der Waals surface area contributed by atoms with E-state index in [4.69, 9.17) is 11.6 Å². The van der Waals surface area contributed by atoms with Gasteiger partial charge in [0.05, 0.1) is 6.04 Å². The molecule has 2 heterocycles. The third kappa shape index (κ3) is 5.15. The monoisotopic (exact) mass is 391 g/mol. The topological polar surface area (TPSA) is 42.9 Å². The summed E-state index contributed by atoms with van der Waals surface area (Å²) in [5, 5.41) is 7.99. The van der Waals surface area contributed by atoms with Crippen LogP contribution in [-0.2, 0) is 0 Å². The fraction of sp³-hybridized carbons (Fsp3) is 0.667. The molecule has 150 valence electrons. The third-order valence-electron chi connectivity index (χ3n) is 6.25. The lowest BCUT2D eigenvalue weighted by Gasteiger charge is -2.47. The van der Waals surface area contributed by atoms with Gasteiger partial charge in [-0.25, -0.2) is 0 Å². The zero-order valence-electron chi connectivity index (χ0n) is 17.1. The van der Waals surface area contributed by atoms with Crippen molar-refractivity contribution in [1.82, 2.24) is 20.4 Å². The Bertz CT molecular complexity index is 616. The maximum atomic E-state index is 6.04. The van der Waals surface area contributed by atoms with Gasteiger partial charge in [-0.05, 0) is 64.5 Å². The number of aliphatic imine (C=N–C) groups is 1. The van der Waals surface area contributed by atoms with E-state index in [1.165, 1.54) is 37.7 Å². The minimum absolute atomic E-state index is 0.262. The highest BCUT2D eigenvalue weighted by Crippen LogP contribution is 2.32. The van der Waals surface area contributed by atoms with Crippen LogP contribution in [0.3, 0.4) is 0 Å². The number of fused-ring (bicyclic) bond motifs is 2. The van der Waals surface area contributed by atoms with Gasteiger partial charge in [-0.1, -0.05) is 30.2 Å². The molecule has 1 aromatic rings. The smallest absolute Gasteiger partial charge is 0.191 e. The summed E-state index contributed by atoms with van der Waals surface area (Å²) < 4.78 is 0. The molecule has 3 unspecified atom stereocenters. The Hall–Kier alpha value is -1.30. The van der Waals surface area contributed by atoms with Gasteiger partial charge in [0, 0.05) is 36.7 Å². The minimum Gasteiger partial charge on any atom is -0.354 e. The molecule has 2 fully saturated rings. The van der Waals surface area contributed by atoms with Crippen LogP contribution in [0.25, 0.3) is 0 Å². The van der Waals surface area contributed by atoms with Crippen LogP contribution in [0, 0.1) is 0 Å². The van der Waals surface area contributed by atoms with Crippen molar-refractivity contribution in [3.8, 4) is 0 Å². The highest BCUT2D eigenvalue weighted by atomic mass is 35.5. The number of hydrogen-bond donors (Lipinski definition) is 2. The summed E-state index contributed by atoms with van der Waals surface area (Å²) in [5.41, 5.74) is 1.25. The van der Waals surface area contributed by atoms with Crippen molar-refractivity contribution in [1.29, 1.82) is 0 Å². The van der Waals surface area contributed by atoms with Crippen molar-refractivity contribution in [2.75, 3.05) is 34.7 Å². The number of nitrogens with zero attached hydrogens (tertiary/aromatic N) is 3. The van der Waals surface area contributed by atoms with Crippen LogP contribution in [0.4, 0.5) is 0 Å². The van der Waals surface area contributed by atoms with Crippen molar-refractivity contribution in [2.45, 2.75) is 56.3 Å². The van der Waals surface area contributed by atoms with Crippen LogP contribution in [0.1, 0.15) is 43.7 Å². The van der Waals surface area contributed by atoms with Crippen molar-refractivity contribution in [2.24, 2.45) is 4.99 Å². The van der Waals surface area contributed by atoms with Crippen LogP contribution in [0.2, 0.25) is 5.02 Å². The van der Waals surface area contributed by atoms with Crippen molar-refractivity contribution in [3.05, 3.63) is 34.9 Å². The normalized spacial score (nSPS) is 27.5. The molecule has 0 radical (unpaired) electrons. The van der Waals surface area contributed by atoms with Gasteiger partial charge in [0.2, 0.25) is 0 Å². The molecule has 2 aliphatic heterocycles. The summed E-state index contributed by atoms with van der Waals surface area (Å²) in [6, 6.07) is 10.3. The lowest BCUT2D eigenvalue weighted by molar-refractivity contribution is 0.0526. The van der Waals surface area contributed by atoms with E-state index in [-0.39, 0.29) is 6.04 Å². The number of guanidine groups is 1. The summed E-state index contributed by atoms with van der Waals surface area (Å²) >= 11 is 6.04. The average Bonchev–Trinajstić information content (AvgIpc) is 2.62. The van der Waals surface area contributed by atoms with E-state index in [2.05, 4.69) is 58.7 Å². The van der Waals surface area contributed by atoms with Crippen LogP contribution in [0.5, 0.6) is 0 Å². The molecule has 2 saturated heterocycles. The maximum absolute atomic E-state index is 6.04. The molecular weight excluding hydrogens is 358 g/mol. The second-order valence-electron chi connectivity index (χ2n) is 8.20. The predicted molar refractivity (Wildman–Crippen MR) is 115 cm³/mol. The Labute approximate surface area is 169 Å². The number of piperidine rings is 2. The van der Waals surface area contributed by atoms with E-state index in [0.717, 1.165) is 29.6 Å². The number of rotatable bonds is 5. The van der Waals surface area contributed by atoms with E-state index in [1.807, 2.05) is 19.2 Å². The number of halogens is 1. The Morgan fingerprint density at radius 2 is 1.85 bits per heavy atom. The highest BCUT2D eigenvalue weighted by molar-refractivity contribution is 6.30. The van der Waals surface area contributed by atoms with Crippen LogP contribution >= 0.6 is 11.6 Å². The van der Waals surface area contributed by atoms with Crippen LogP contribution in [0.15, 0.2) is 29.3 Å². The Morgan fingerprint density at radius 3 is 2.41 bits per heavy atom. The molecule has 0 aromatic heterocycles. The highest BCUT2D eigenvalue weighted by Gasteiger charge is 2.36. The molecule has 0 amide bonds. The van der Waals surface area contributed by atoms with Gasteiger partial charge in [0.25, 0.3) is 0 Å². The van der Waals surface area contributed by atoms with E-state index >= 15 is 0 Å². The molecule has 3 rings (SSSR count). The molecule has 27 heavy (non-hydrogen) atoms. The number of likely N-dealkylation sites (N-methyl/N-ethyl adjacent to an activating group) is 1. The Kier molecular flexibility index (Phi) is 7.01. The van der Waals surface area contributed by atoms with Crippen LogP contribution < -0.4 is 10.6 Å². The van der Waals surface area contributed by atoms with Crippen LogP contribution in [-0.4, -0.2) is 68.6 Å². The van der Waals surface area contributed by atoms with E-state index < -0.39 is 0 Å². The first-order chi connectivity index (χ1) is 13.0. The van der Waals surface area contributed by atoms with E-state index in [1.54, 1.807) is 0 Å². The zero-order chi connectivity index (χ0) is 19.4. The lowest BCUT2D eigenvalue weighted by Crippen LogP contribution is -2.57. The molecule has 0 aliphatic carbocycles. The van der Waals surface area contributed by atoms with Gasteiger partial charge >= 0.3 is 0 Å². The fourth-order valence-corrected chi connectivity index (χ4v) is 4.72. The summed E-state index contributed by atoms with van der Waals surface area (Å²) in [7, 11) is 8.37. The zero-order valence-corrected chi connectivity index (χ0v) is 17.8. The quantitative estimate of drug-likeness (QED) is 0.597. The van der Waals surface area contributed by atoms with Crippen molar-refractivity contribution >= 4 is 17.6 Å². The molecule has 6 heteroatoms. The second-order valence-corrected chi connectivity index (χ2v) is 8.64. The minimum atomic E-state index is 0.262. The Balaban J connectivity index is 1.57. The lowest BCUT2D eigenvalue weighted by atomic mass is 9.82. The average molecular weight is 392 g/mol. The van der Waals surface area contributed by atoms with Gasteiger partial charge in [-0.3, -0.25) is 4.99 Å². The molecule has 5 nitrogen and oxygen atoms in total. The first-order valence-electron chi connectivity index (χ1n) is 10.1. The number of benzene rings is 1. The molecule has 1 aromatic carbocycles. The molecular formula is C21H34ClN5. The predicted octanol–water partition coefficient (Wildman–Crippen LogP) is 3.12. The molecule has 2 bridgehead atoms. The summed E-state index contributed by atoms with van der Waals surface area (Å²) in [5.74, 6) is 0.906. The molecule has 2 N–H and O–H groups in total. The van der Waals surface area contributed by atoms with Gasteiger partial charge in [-0.15, -0.1) is 0 Å². The third-order valence-corrected chi connectivity index (χ3v) is 6.50. The van der Waals surface area contributed by atoms with Gasteiger partial charge in [-0.2, -0.15) is 0 Å². The van der Waals surface area contributed by atoms with Gasteiger partial charge in [0.15, 0.2) is 5.96 Å². The SMILES string of the molecule is CN=C(NCC(c1ccc(Cl)cc1)N(C)C)NC1CC2CCCC(C1)N2C. The van der Waals surface area contributed by atoms with Gasteiger partial charge < -0.3 is 20.4 Å². The number of nitrogens with one attached hydrogen (secondary N) is 2. The number of hydrogen-bond acceptors (Lipinski definition) is 3. The summed E-state index contributed by atoms with van der Waals surface area (Å²) in [4.78, 5) is 9.30. The first kappa shape index (κ1) is 20.4. The van der Waals surface area contributed by atoms with Crippen molar-refractivity contribution in [3.63, 3.8) is 0 Å². The van der Waals surface area contributed by atoms with Gasteiger partial charge in [0.1, 0.15) is 0 Å². The molecule has 0 saturated carbocycles. The second kappa shape index (κ2) is 9.26. The Morgan fingerprint density at radius 1 is 1.22 bits per heavy atom. The van der Waals surface area contributed by atoms with E-state index in [9.17, 15) is 0 Å². The maximum Gasteiger partial charge on any atom is 0.191 e. The van der Waals surface area contributed by atoms with Crippen molar-refractivity contribution < 1.29 is 0 Å². The molecule has 0 spiro atoms. The summed E-state index contributed by atoms with van der Waals surface area (Å²) in [6.45, 7) is 0.799. The molecule has 3 atom stereocenters. The largest absolute Gasteiger partial charge is 0.354 e. The fourth-order valence-electron chi connectivity index (χ4n) is 4.60. The summed E-state index contributed by atoms with van der Waals surface area (Å²) in [6.07, 6.45) is 6.46. The first-order valence-corrected chi connectivity index (χ1v) is 10.5. The molecule has 2 aliphatic rings. The van der Waals surface area contributed by atoms with E-state index in [0.29, 0.717) is 6.04 Å².